The first-order valence-corrected chi connectivity index (χ1v) is 7.59. The van der Waals surface area contributed by atoms with Crippen molar-refractivity contribution in [2.45, 2.75) is 91.1 Å². The molecule has 3 atom stereocenters. The number of halogens is 1. The van der Waals surface area contributed by atoms with Gasteiger partial charge in [-0.05, 0) is 38.0 Å². The summed E-state index contributed by atoms with van der Waals surface area (Å²) in [6.45, 7) is 8.46. The Morgan fingerprint density at radius 2 is 1.67 bits per heavy atom. The molecule has 1 unspecified atom stereocenters. The van der Waals surface area contributed by atoms with Gasteiger partial charge in [0.05, 0.1) is 0 Å². The van der Waals surface area contributed by atoms with E-state index in [0.717, 1.165) is 32.1 Å². The smallest absolute Gasteiger partial charge is 0.105 e. The van der Waals surface area contributed by atoms with E-state index in [4.69, 9.17) is 0 Å². The lowest BCUT2D eigenvalue weighted by Gasteiger charge is -2.24. The van der Waals surface area contributed by atoms with Gasteiger partial charge in [-0.2, -0.15) is 0 Å². The molecule has 0 saturated carbocycles. The summed E-state index contributed by atoms with van der Waals surface area (Å²) >= 11 is 0. The topological polar surface area (TPSA) is 32.3 Å². The Kier molecular flexibility index (Phi) is 10.7. The van der Waals surface area contributed by atoms with Gasteiger partial charge < -0.3 is 5.11 Å². The van der Waals surface area contributed by atoms with Crippen molar-refractivity contribution in [3.05, 3.63) is 0 Å². The lowest BCUT2D eigenvalue weighted by molar-refractivity contribution is 0.0987. The maximum absolute atomic E-state index is 13.2. The number of hydrogen-bond donors (Lipinski definition) is 2. The minimum absolute atomic E-state index is 0.369. The summed E-state index contributed by atoms with van der Waals surface area (Å²) in [5, 5.41) is 13.1. The van der Waals surface area contributed by atoms with Gasteiger partial charge in [0.25, 0.3) is 0 Å². The van der Waals surface area contributed by atoms with Gasteiger partial charge in [0.2, 0.25) is 0 Å². The molecule has 2 nitrogen and oxygen atoms in total. The summed E-state index contributed by atoms with van der Waals surface area (Å²) in [6.07, 6.45) is 4.65. The molecule has 0 bridgehead atoms. The Hall–Kier alpha value is -0.150. The highest BCUT2D eigenvalue weighted by Crippen LogP contribution is 2.13. The minimum Gasteiger partial charge on any atom is -0.379 e. The predicted octanol–water partition coefficient (Wildman–Crippen LogP) is 4.03. The van der Waals surface area contributed by atoms with Crippen LogP contribution < -0.4 is 5.32 Å². The average molecular weight is 261 g/mol. The van der Waals surface area contributed by atoms with Crippen molar-refractivity contribution in [1.82, 2.24) is 5.32 Å². The molecule has 0 heterocycles. The van der Waals surface area contributed by atoms with Crippen LogP contribution in [0.25, 0.3) is 0 Å². The van der Waals surface area contributed by atoms with Crippen LogP contribution in [0.5, 0.6) is 0 Å². The average Bonchev–Trinajstić information content (AvgIpc) is 2.31. The quantitative estimate of drug-likeness (QED) is 0.435. The molecule has 0 aliphatic heterocycles. The van der Waals surface area contributed by atoms with Gasteiger partial charge in [-0.1, -0.05) is 40.5 Å². The van der Waals surface area contributed by atoms with E-state index >= 15 is 0 Å². The van der Waals surface area contributed by atoms with Crippen LogP contribution in [0.1, 0.15) is 72.6 Å². The maximum Gasteiger partial charge on any atom is 0.105 e. The summed E-state index contributed by atoms with van der Waals surface area (Å²) in [7, 11) is 0. The summed E-state index contributed by atoms with van der Waals surface area (Å²) in [5.41, 5.74) is 0. The first-order valence-electron chi connectivity index (χ1n) is 7.59. The molecule has 0 aromatic heterocycles. The fourth-order valence-corrected chi connectivity index (χ4v) is 2.27. The van der Waals surface area contributed by atoms with E-state index in [1.807, 2.05) is 6.92 Å². The number of aliphatic hydroxyl groups is 1. The van der Waals surface area contributed by atoms with Crippen LogP contribution in [0.4, 0.5) is 4.39 Å². The van der Waals surface area contributed by atoms with Gasteiger partial charge in [-0.25, -0.2) is 4.39 Å². The highest BCUT2D eigenvalue weighted by molar-refractivity contribution is 4.70. The lowest BCUT2D eigenvalue weighted by atomic mass is 10.0. The second kappa shape index (κ2) is 10.7. The fourth-order valence-electron chi connectivity index (χ4n) is 2.27. The normalized spacial score (nSPS) is 16.8. The molecule has 110 valence electrons. The van der Waals surface area contributed by atoms with E-state index in [-0.39, 0.29) is 0 Å². The van der Waals surface area contributed by atoms with Crippen molar-refractivity contribution in [2.75, 3.05) is 0 Å². The van der Waals surface area contributed by atoms with Crippen molar-refractivity contribution in [2.24, 2.45) is 5.92 Å². The van der Waals surface area contributed by atoms with Crippen LogP contribution in [0, 0.1) is 5.92 Å². The molecular weight excluding hydrogens is 229 g/mol. The van der Waals surface area contributed by atoms with E-state index in [0.29, 0.717) is 24.8 Å². The van der Waals surface area contributed by atoms with Gasteiger partial charge in [-0.3, -0.25) is 5.32 Å². The SMILES string of the molecule is CCC[C@H](F)CCCCC(O)N[C@@H](CC)C(C)C. The molecule has 0 aliphatic carbocycles. The van der Waals surface area contributed by atoms with Crippen LogP contribution in [-0.2, 0) is 0 Å². The van der Waals surface area contributed by atoms with Crippen molar-refractivity contribution in [3.63, 3.8) is 0 Å². The zero-order valence-corrected chi connectivity index (χ0v) is 12.6. The van der Waals surface area contributed by atoms with Crippen LogP contribution in [-0.4, -0.2) is 23.5 Å². The second-order valence-electron chi connectivity index (χ2n) is 5.61. The molecule has 0 saturated heterocycles. The largest absolute Gasteiger partial charge is 0.379 e. The van der Waals surface area contributed by atoms with Gasteiger partial charge in [0, 0.05) is 6.04 Å². The molecule has 0 spiro atoms. The van der Waals surface area contributed by atoms with Gasteiger partial charge in [0.1, 0.15) is 12.4 Å². The lowest BCUT2D eigenvalue weighted by Crippen LogP contribution is -2.40. The predicted molar refractivity (Wildman–Crippen MR) is 76.3 cm³/mol. The third-order valence-electron chi connectivity index (χ3n) is 3.50. The van der Waals surface area contributed by atoms with Crippen molar-refractivity contribution >= 4 is 0 Å². The second-order valence-corrected chi connectivity index (χ2v) is 5.61. The molecule has 2 N–H and O–H groups in total. The van der Waals surface area contributed by atoms with Crippen LogP contribution in [0.3, 0.4) is 0 Å². The molecule has 0 aliphatic rings. The molecule has 18 heavy (non-hydrogen) atoms. The van der Waals surface area contributed by atoms with Gasteiger partial charge in [-0.15, -0.1) is 0 Å². The van der Waals surface area contributed by atoms with E-state index in [1.165, 1.54) is 0 Å². The zero-order chi connectivity index (χ0) is 14.0. The molecular formula is C15H32FNO. The van der Waals surface area contributed by atoms with Crippen molar-refractivity contribution < 1.29 is 9.50 Å². The summed E-state index contributed by atoms with van der Waals surface area (Å²) in [5.74, 6) is 0.532. The van der Waals surface area contributed by atoms with Gasteiger partial charge >= 0.3 is 0 Å². The number of alkyl halides is 1. The Morgan fingerprint density at radius 1 is 1.06 bits per heavy atom. The van der Waals surface area contributed by atoms with Crippen molar-refractivity contribution in [1.29, 1.82) is 0 Å². The Morgan fingerprint density at radius 3 is 2.17 bits per heavy atom. The van der Waals surface area contributed by atoms with Crippen LogP contribution >= 0.6 is 0 Å². The third-order valence-corrected chi connectivity index (χ3v) is 3.50. The number of rotatable bonds is 11. The zero-order valence-electron chi connectivity index (χ0n) is 12.6. The first kappa shape index (κ1) is 17.8. The van der Waals surface area contributed by atoms with E-state index in [2.05, 4.69) is 26.1 Å². The summed E-state index contributed by atoms with van der Waals surface area (Å²) in [4.78, 5) is 0. The van der Waals surface area contributed by atoms with Crippen molar-refractivity contribution in [3.8, 4) is 0 Å². The van der Waals surface area contributed by atoms with E-state index < -0.39 is 12.4 Å². The number of unbranched alkanes of at least 4 members (excludes halogenated alkanes) is 1. The molecule has 0 rings (SSSR count). The Labute approximate surface area is 112 Å². The molecule has 0 aromatic rings. The maximum atomic E-state index is 13.2. The standard InChI is InChI=1S/C15H32FNO/c1-5-9-13(16)10-7-8-11-15(18)17-14(6-2)12(3)4/h12-15,17-18H,5-11H2,1-4H3/t13-,14-,15?/m0/s1. The fraction of sp³-hybridized carbons (Fsp3) is 1.00. The summed E-state index contributed by atoms with van der Waals surface area (Å²) < 4.78 is 13.2. The van der Waals surface area contributed by atoms with Crippen LogP contribution in [0.15, 0.2) is 0 Å². The molecule has 0 aromatic carbocycles. The highest BCUT2D eigenvalue weighted by Gasteiger charge is 2.14. The van der Waals surface area contributed by atoms with E-state index in [9.17, 15) is 9.50 Å². The monoisotopic (exact) mass is 261 g/mol. The first-order chi connectivity index (χ1) is 8.51. The third kappa shape index (κ3) is 8.87. The highest BCUT2D eigenvalue weighted by atomic mass is 19.1. The Balaban J connectivity index is 3.61. The summed E-state index contributed by atoms with van der Waals surface area (Å²) in [6, 6.07) is 0.369. The minimum atomic E-state index is -0.654. The number of hydrogen-bond acceptors (Lipinski definition) is 2. The Bertz CT molecular complexity index is 187. The number of aliphatic hydroxyl groups excluding tert-OH is 1. The number of nitrogens with one attached hydrogen (secondary N) is 1. The molecule has 0 fully saturated rings. The molecule has 0 radical (unpaired) electrons. The molecule has 0 amide bonds. The van der Waals surface area contributed by atoms with Gasteiger partial charge in [0.15, 0.2) is 0 Å². The molecule has 3 heteroatoms. The van der Waals surface area contributed by atoms with E-state index in [1.54, 1.807) is 0 Å². The van der Waals surface area contributed by atoms with Crippen LogP contribution in [0.2, 0.25) is 0 Å².